The van der Waals surface area contributed by atoms with Gasteiger partial charge >= 0.3 is 5.76 Å². The Labute approximate surface area is 127 Å². The van der Waals surface area contributed by atoms with Gasteiger partial charge in [0.1, 0.15) is 0 Å². The number of aromatic nitrogens is 1. The molecule has 1 N–H and O–H groups in total. The second-order valence-electron chi connectivity index (χ2n) is 4.87. The number of aryl methyl sites for hydroxylation is 1. The van der Waals surface area contributed by atoms with Crippen LogP contribution < -0.4 is 10.5 Å². The highest BCUT2D eigenvalue weighted by Gasteiger charge is 2.16. The fourth-order valence-corrected chi connectivity index (χ4v) is 3.17. The molecule has 3 aromatic rings. The molecule has 0 amide bonds. The zero-order chi connectivity index (χ0) is 15.7. The average Bonchev–Trinajstić information content (AvgIpc) is 2.81. The van der Waals surface area contributed by atoms with Crippen molar-refractivity contribution in [2.24, 2.45) is 7.05 Å². The van der Waals surface area contributed by atoms with E-state index in [1.165, 1.54) is 29.8 Å². The van der Waals surface area contributed by atoms with Crippen molar-refractivity contribution in [3.05, 3.63) is 64.6 Å². The van der Waals surface area contributed by atoms with E-state index in [9.17, 15) is 13.2 Å². The first-order chi connectivity index (χ1) is 10.5. The molecule has 0 aliphatic rings. The zero-order valence-electron chi connectivity index (χ0n) is 11.8. The lowest BCUT2D eigenvalue weighted by Crippen LogP contribution is -2.23. The van der Waals surface area contributed by atoms with E-state index < -0.39 is 15.8 Å². The minimum absolute atomic E-state index is 0.0901. The van der Waals surface area contributed by atoms with Gasteiger partial charge in [-0.25, -0.2) is 17.9 Å². The van der Waals surface area contributed by atoms with Gasteiger partial charge < -0.3 is 4.42 Å². The highest BCUT2D eigenvalue weighted by molar-refractivity contribution is 7.89. The van der Waals surface area contributed by atoms with Crippen LogP contribution in [0.2, 0.25) is 0 Å². The largest absolute Gasteiger partial charge is 0.419 e. The first-order valence-electron chi connectivity index (χ1n) is 6.60. The SMILES string of the molecule is Cn1c(=O)oc2ccc(S(=O)(=O)NCc3ccccc3)cc21. The van der Waals surface area contributed by atoms with Crippen molar-refractivity contribution < 1.29 is 12.8 Å². The van der Waals surface area contributed by atoms with E-state index in [1.807, 2.05) is 30.3 Å². The minimum Gasteiger partial charge on any atom is -0.408 e. The van der Waals surface area contributed by atoms with Crippen molar-refractivity contribution in [3.63, 3.8) is 0 Å². The number of nitrogens with zero attached hydrogens (tertiary/aromatic N) is 1. The summed E-state index contributed by atoms with van der Waals surface area (Å²) in [5.74, 6) is -0.526. The van der Waals surface area contributed by atoms with Gasteiger partial charge in [0, 0.05) is 13.6 Å². The Bertz CT molecular complexity index is 972. The first-order valence-corrected chi connectivity index (χ1v) is 8.09. The van der Waals surface area contributed by atoms with Gasteiger partial charge in [-0.15, -0.1) is 0 Å². The highest BCUT2D eigenvalue weighted by atomic mass is 32.2. The van der Waals surface area contributed by atoms with Crippen LogP contribution in [0, 0.1) is 0 Å². The Morgan fingerprint density at radius 1 is 1.14 bits per heavy atom. The third-order valence-corrected chi connectivity index (χ3v) is 4.78. The van der Waals surface area contributed by atoms with Crippen molar-refractivity contribution in [1.82, 2.24) is 9.29 Å². The molecule has 22 heavy (non-hydrogen) atoms. The normalized spacial score (nSPS) is 11.9. The molecular weight excluding hydrogens is 304 g/mol. The second kappa shape index (κ2) is 5.43. The maximum atomic E-state index is 12.3. The lowest BCUT2D eigenvalue weighted by atomic mass is 10.2. The van der Waals surface area contributed by atoms with Gasteiger partial charge in [0.25, 0.3) is 0 Å². The molecule has 0 atom stereocenters. The molecule has 6 nitrogen and oxygen atoms in total. The lowest BCUT2D eigenvalue weighted by Gasteiger charge is -2.07. The third-order valence-electron chi connectivity index (χ3n) is 3.38. The van der Waals surface area contributed by atoms with Crippen molar-refractivity contribution in [3.8, 4) is 0 Å². The molecule has 0 saturated carbocycles. The van der Waals surface area contributed by atoms with Gasteiger partial charge in [-0.05, 0) is 23.8 Å². The standard InChI is InChI=1S/C15H14N2O4S/c1-17-13-9-12(7-8-14(13)21-15(17)18)22(19,20)16-10-11-5-3-2-4-6-11/h2-9,16H,10H2,1H3. The van der Waals surface area contributed by atoms with Crippen LogP contribution in [0.25, 0.3) is 11.1 Å². The molecule has 2 aromatic carbocycles. The van der Waals surface area contributed by atoms with Crippen molar-refractivity contribution in [2.45, 2.75) is 11.4 Å². The van der Waals surface area contributed by atoms with Crippen molar-refractivity contribution in [2.75, 3.05) is 0 Å². The summed E-state index contributed by atoms with van der Waals surface area (Å²) >= 11 is 0. The van der Waals surface area contributed by atoms with Crippen LogP contribution in [0.3, 0.4) is 0 Å². The van der Waals surface area contributed by atoms with Gasteiger partial charge in [0.15, 0.2) is 5.58 Å². The number of benzene rings is 2. The number of hydrogen-bond acceptors (Lipinski definition) is 4. The van der Waals surface area contributed by atoms with Gasteiger partial charge in [0.2, 0.25) is 10.0 Å². The van der Waals surface area contributed by atoms with Gasteiger partial charge in [0.05, 0.1) is 10.4 Å². The van der Waals surface area contributed by atoms with E-state index in [-0.39, 0.29) is 11.4 Å². The number of nitrogens with one attached hydrogen (secondary N) is 1. The van der Waals surface area contributed by atoms with E-state index in [1.54, 1.807) is 0 Å². The highest BCUT2D eigenvalue weighted by Crippen LogP contribution is 2.18. The molecule has 0 bridgehead atoms. The van der Waals surface area contributed by atoms with Crippen molar-refractivity contribution >= 4 is 21.1 Å². The molecular formula is C15H14N2O4S. The van der Waals surface area contributed by atoms with E-state index >= 15 is 0 Å². The Morgan fingerprint density at radius 2 is 1.86 bits per heavy atom. The molecule has 7 heteroatoms. The first kappa shape index (κ1) is 14.6. The summed E-state index contributed by atoms with van der Waals surface area (Å²) in [7, 11) is -2.13. The summed E-state index contributed by atoms with van der Waals surface area (Å²) in [5, 5.41) is 0. The summed E-state index contributed by atoms with van der Waals surface area (Å²) in [5.41, 5.74) is 1.66. The van der Waals surface area contributed by atoms with Crippen LogP contribution in [-0.2, 0) is 23.6 Å². The smallest absolute Gasteiger partial charge is 0.408 e. The molecule has 0 aliphatic heterocycles. The Hall–Kier alpha value is -2.38. The topological polar surface area (TPSA) is 81.3 Å². The molecule has 0 fully saturated rings. The van der Waals surface area contributed by atoms with E-state index in [0.29, 0.717) is 11.1 Å². The summed E-state index contributed by atoms with van der Waals surface area (Å²) in [6.07, 6.45) is 0. The van der Waals surface area contributed by atoms with Crippen LogP contribution in [-0.4, -0.2) is 13.0 Å². The molecule has 0 aliphatic carbocycles. The van der Waals surface area contributed by atoms with E-state index in [0.717, 1.165) is 5.56 Å². The summed E-state index contributed by atoms with van der Waals surface area (Å²) in [4.78, 5) is 11.5. The summed E-state index contributed by atoms with van der Waals surface area (Å²) in [6, 6.07) is 13.6. The summed E-state index contributed by atoms with van der Waals surface area (Å²) < 4.78 is 33.5. The Morgan fingerprint density at radius 3 is 2.59 bits per heavy atom. The number of hydrogen-bond donors (Lipinski definition) is 1. The molecule has 1 heterocycles. The predicted molar refractivity (Wildman–Crippen MR) is 81.9 cm³/mol. The molecule has 114 valence electrons. The second-order valence-corrected chi connectivity index (χ2v) is 6.63. The number of sulfonamides is 1. The van der Waals surface area contributed by atoms with E-state index in [4.69, 9.17) is 4.42 Å². The Kier molecular flexibility index (Phi) is 3.59. The van der Waals surface area contributed by atoms with Crippen LogP contribution in [0.4, 0.5) is 0 Å². The van der Waals surface area contributed by atoms with Crippen LogP contribution >= 0.6 is 0 Å². The quantitative estimate of drug-likeness (QED) is 0.792. The fraction of sp³-hybridized carbons (Fsp3) is 0.133. The Balaban J connectivity index is 1.91. The molecule has 0 radical (unpaired) electrons. The zero-order valence-corrected chi connectivity index (χ0v) is 12.6. The van der Waals surface area contributed by atoms with Crippen LogP contribution in [0.5, 0.6) is 0 Å². The lowest BCUT2D eigenvalue weighted by molar-refractivity contribution is 0.528. The van der Waals surface area contributed by atoms with Crippen LogP contribution in [0.15, 0.2) is 62.6 Å². The van der Waals surface area contributed by atoms with Gasteiger partial charge in [-0.3, -0.25) is 4.57 Å². The van der Waals surface area contributed by atoms with Gasteiger partial charge in [-0.2, -0.15) is 0 Å². The molecule has 0 unspecified atom stereocenters. The molecule has 1 aromatic heterocycles. The summed E-state index contributed by atoms with van der Waals surface area (Å²) in [6.45, 7) is 0.200. The molecule has 0 saturated heterocycles. The van der Waals surface area contributed by atoms with E-state index in [2.05, 4.69) is 4.72 Å². The van der Waals surface area contributed by atoms with Gasteiger partial charge in [-0.1, -0.05) is 30.3 Å². The van der Waals surface area contributed by atoms with Crippen LogP contribution in [0.1, 0.15) is 5.56 Å². The third kappa shape index (κ3) is 2.68. The van der Waals surface area contributed by atoms with Crippen molar-refractivity contribution in [1.29, 1.82) is 0 Å². The number of fused-ring (bicyclic) bond motifs is 1. The average molecular weight is 318 g/mol. The maximum absolute atomic E-state index is 12.3. The number of rotatable bonds is 4. The minimum atomic E-state index is -3.66. The molecule has 0 spiro atoms. The molecule has 3 rings (SSSR count). The predicted octanol–water partition coefficient (Wildman–Crippen LogP) is 1.61. The fourth-order valence-electron chi connectivity index (χ4n) is 2.13. The maximum Gasteiger partial charge on any atom is 0.419 e. The number of oxazole rings is 1. The monoisotopic (exact) mass is 318 g/mol.